The molecular formula is C31H46N2O8. The van der Waals surface area contributed by atoms with Crippen molar-refractivity contribution >= 4 is 23.7 Å². The molecule has 2 aliphatic rings. The van der Waals surface area contributed by atoms with Gasteiger partial charge in [-0.15, -0.1) is 0 Å². The molecule has 41 heavy (non-hydrogen) atoms. The molecule has 10 heteroatoms. The minimum atomic E-state index is -0.993. The van der Waals surface area contributed by atoms with Crippen molar-refractivity contribution in [1.82, 2.24) is 9.80 Å². The molecular weight excluding hydrogens is 528 g/mol. The van der Waals surface area contributed by atoms with E-state index in [0.717, 1.165) is 16.7 Å². The van der Waals surface area contributed by atoms with Crippen molar-refractivity contribution in [1.29, 1.82) is 0 Å². The first-order valence-corrected chi connectivity index (χ1v) is 14.2. The Morgan fingerprint density at radius 2 is 1.56 bits per heavy atom. The van der Waals surface area contributed by atoms with E-state index in [4.69, 9.17) is 18.9 Å². The number of carboxylic acid groups (broad SMARTS) is 1. The maximum absolute atomic E-state index is 13.4. The Labute approximate surface area is 243 Å². The molecule has 0 saturated carbocycles. The highest BCUT2D eigenvalue weighted by Crippen LogP contribution is 2.41. The summed E-state index contributed by atoms with van der Waals surface area (Å²) in [6.07, 6.45) is 0.666. The number of piperazine rings is 1. The lowest BCUT2D eigenvalue weighted by Crippen LogP contribution is -2.66. The number of amides is 2. The van der Waals surface area contributed by atoms with E-state index in [1.807, 2.05) is 30.3 Å². The highest BCUT2D eigenvalue weighted by atomic mass is 16.6. The molecule has 228 valence electrons. The molecule has 2 bridgehead atoms. The van der Waals surface area contributed by atoms with Gasteiger partial charge in [-0.05, 0) is 58.2 Å². The molecule has 1 aromatic rings. The normalized spacial score (nSPS) is 21.7. The Balaban J connectivity index is 1.93. The predicted molar refractivity (Wildman–Crippen MR) is 154 cm³/mol. The third-order valence-corrected chi connectivity index (χ3v) is 6.83. The van der Waals surface area contributed by atoms with Gasteiger partial charge in [-0.1, -0.05) is 37.3 Å². The quantitative estimate of drug-likeness (QED) is 0.428. The van der Waals surface area contributed by atoms with Gasteiger partial charge in [0.25, 0.3) is 0 Å². The van der Waals surface area contributed by atoms with Crippen molar-refractivity contribution in [3.8, 4) is 0 Å². The standard InChI is InChI=1S/C31H46N2O8/c1-20(17-38-8)18-39-19-21-9-11-22(12-10-21)24-13-23-15-32(28(36)40-30(2,3)4)16-26(25(24)14-27(34)35)33(23)29(37)41-31(5,6)7/h9-13,20,23,25-26H,14-19H2,1-8H3,(H,34,35)/t20-,23?,25?,26?/m0/s1. The molecule has 4 atom stereocenters. The number of rotatable bonds is 9. The van der Waals surface area contributed by atoms with Gasteiger partial charge in [0.2, 0.25) is 0 Å². The van der Waals surface area contributed by atoms with Gasteiger partial charge >= 0.3 is 18.2 Å². The van der Waals surface area contributed by atoms with Crippen LogP contribution < -0.4 is 0 Å². The fourth-order valence-electron chi connectivity index (χ4n) is 5.25. The number of carbonyl (C=O) groups is 3. The van der Waals surface area contributed by atoms with Crippen LogP contribution in [0.15, 0.2) is 30.3 Å². The Kier molecular flexibility index (Phi) is 10.5. The molecule has 2 heterocycles. The van der Waals surface area contributed by atoms with Crippen LogP contribution in [-0.2, 0) is 30.3 Å². The molecule has 2 amide bonds. The first kappa shape index (κ1) is 32.4. The molecule has 3 unspecified atom stereocenters. The van der Waals surface area contributed by atoms with Gasteiger partial charge in [0.1, 0.15) is 11.2 Å². The fraction of sp³-hybridized carbons (Fsp3) is 0.645. The van der Waals surface area contributed by atoms with E-state index in [0.29, 0.717) is 19.8 Å². The second-order valence-electron chi connectivity index (χ2n) is 13.0. The van der Waals surface area contributed by atoms with Gasteiger partial charge < -0.3 is 29.0 Å². The van der Waals surface area contributed by atoms with Gasteiger partial charge in [-0.3, -0.25) is 9.69 Å². The number of nitrogens with zero attached hydrogens (tertiary/aromatic N) is 2. The number of methoxy groups -OCH3 is 1. The molecule has 0 aliphatic carbocycles. The third-order valence-electron chi connectivity index (χ3n) is 6.83. The highest BCUT2D eigenvalue weighted by Gasteiger charge is 2.49. The minimum absolute atomic E-state index is 0.130. The Morgan fingerprint density at radius 3 is 2.12 bits per heavy atom. The van der Waals surface area contributed by atoms with E-state index in [2.05, 4.69) is 6.92 Å². The molecule has 0 aromatic heterocycles. The SMILES string of the molecule is COC[C@H](C)COCc1ccc(C2=CC3CN(C(=O)OC(C)(C)C)CC(C2CC(=O)O)N3C(=O)OC(C)(C)C)cc1. The average molecular weight is 575 g/mol. The van der Waals surface area contributed by atoms with Crippen LogP contribution >= 0.6 is 0 Å². The van der Waals surface area contributed by atoms with Crippen molar-refractivity contribution in [2.45, 2.75) is 84.8 Å². The second-order valence-corrected chi connectivity index (χ2v) is 13.0. The Bertz CT molecular complexity index is 1100. The minimum Gasteiger partial charge on any atom is -0.481 e. The first-order valence-electron chi connectivity index (χ1n) is 14.2. The number of carbonyl (C=O) groups excluding carboxylic acids is 2. The summed E-state index contributed by atoms with van der Waals surface area (Å²) in [4.78, 5) is 41.7. The summed E-state index contributed by atoms with van der Waals surface area (Å²) < 4.78 is 22.3. The number of ether oxygens (including phenoxy) is 4. The first-order chi connectivity index (χ1) is 19.1. The van der Waals surface area contributed by atoms with Crippen LogP contribution in [0.3, 0.4) is 0 Å². The Hall–Kier alpha value is -3.11. The summed E-state index contributed by atoms with van der Waals surface area (Å²) in [6, 6.07) is 6.74. The van der Waals surface area contributed by atoms with Crippen LogP contribution in [0, 0.1) is 11.8 Å². The number of carboxylic acids is 1. The van der Waals surface area contributed by atoms with Gasteiger partial charge in [0.05, 0.1) is 38.3 Å². The summed E-state index contributed by atoms with van der Waals surface area (Å²) in [5.74, 6) is -1.28. The number of hydrogen-bond acceptors (Lipinski definition) is 7. The number of benzene rings is 1. The molecule has 1 saturated heterocycles. The zero-order valence-electron chi connectivity index (χ0n) is 25.6. The van der Waals surface area contributed by atoms with Crippen LogP contribution in [0.25, 0.3) is 5.57 Å². The van der Waals surface area contributed by atoms with Crippen LogP contribution in [0.1, 0.15) is 66.0 Å². The maximum atomic E-state index is 13.4. The van der Waals surface area contributed by atoms with Gasteiger partial charge in [0, 0.05) is 32.0 Å². The zero-order valence-corrected chi connectivity index (χ0v) is 25.6. The van der Waals surface area contributed by atoms with Crippen LogP contribution in [0.5, 0.6) is 0 Å². The number of aliphatic carboxylic acids is 1. The molecule has 3 rings (SSSR count). The molecule has 10 nitrogen and oxygen atoms in total. The van der Waals surface area contributed by atoms with E-state index in [1.54, 1.807) is 58.5 Å². The summed E-state index contributed by atoms with van der Waals surface area (Å²) >= 11 is 0. The lowest BCUT2D eigenvalue weighted by atomic mass is 9.77. The van der Waals surface area contributed by atoms with Crippen LogP contribution in [-0.4, -0.2) is 89.8 Å². The maximum Gasteiger partial charge on any atom is 0.411 e. The van der Waals surface area contributed by atoms with Crippen molar-refractivity contribution < 1.29 is 38.4 Å². The molecule has 1 N–H and O–H groups in total. The zero-order chi connectivity index (χ0) is 30.5. The van der Waals surface area contributed by atoms with E-state index >= 15 is 0 Å². The third kappa shape index (κ3) is 9.19. The smallest absolute Gasteiger partial charge is 0.411 e. The van der Waals surface area contributed by atoms with Crippen molar-refractivity contribution in [3.63, 3.8) is 0 Å². The molecule has 0 radical (unpaired) electrons. The average Bonchev–Trinajstić information content (AvgIpc) is 2.83. The lowest BCUT2D eigenvalue weighted by Gasteiger charge is -2.51. The topological polar surface area (TPSA) is 115 Å². The van der Waals surface area contributed by atoms with E-state index in [1.165, 1.54) is 0 Å². The van der Waals surface area contributed by atoms with E-state index in [9.17, 15) is 19.5 Å². The number of fused-ring (bicyclic) bond motifs is 2. The largest absolute Gasteiger partial charge is 0.481 e. The van der Waals surface area contributed by atoms with Crippen LogP contribution in [0.2, 0.25) is 0 Å². The number of hydrogen-bond donors (Lipinski definition) is 1. The van der Waals surface area contributed by atoms with Crippen molar-refractivity contribution in [2.24, 2.45) is 11.8 Å². The fourth-order valence-corrected chi connectivity index (χ4v) is 5.25. The van der Waals surface area contributed by atoms with Gasteiger partial charge in [0.15, 0.2) is 0 Å². The molecule has 2 aliphatic heterocycles. The predicted octanol–water partition coefficient (Wildman–Crippen LogP) is 5.20. The monoisotopic (exact) mass is 574 g/mol. The van der Waals surface area contributed by atoms with Gasteiger partial charge in [-0.25, -0.2) is 9.59 Å². The summed E-state index contributed by atoms with van der Waals surface area (Å²) in [7, 11) is 1.67. The van der Waals surface area contributed by atoms with Crippen LogP contribution in [0.4, 0.5) is 9.59 Å². The van der Waals surface area contributed by atoms with Crippen molar-refractivity contribution in [2.75, 3.05) is 33.4 Å². The molecule has 1 fully saturated rings. The van der Waals surface area contributed by atoms with Gasteiger partial charge in [-0.2, -0.15) is 0 Å². The highest BCUT2D eigenvalue weighted by molar-refractivity contribution is 5.80. The van der Waals surface area contributed by atoms with E-state index < -0.39 is 47.4 Å². The molecule has 1 aromatic carbocycles. The lowest BCUT2D eigenvalue weighted by molar-refractivity contribution is -0.138. The van der Waals surface area contributed by atoms with E-state index in [-0.39, 0.29) is 25.4 Å². The summed E-state index contributed by atoms with van der Waals surface area (Å²) in [5.41, 5.74) is 1.28. The Morgan fingerprint density at radius 1 is 0.951 bits per heavy atom. The second kappa shape index (κ2) is 13.2. The molecule has 0 spiro atoms. The van der Waals surface area contributed by atoms with Crippen molar-refractivity contribution in [3.05, 3.63) is 41.5 Å². The summed E-state index contributed by atoms with van der Waals surface area (Å²) in [5, 5.41) is 9.90. The summed E-state index contributed by atoms with van der Waals surface area (Å²) in [6.45, 7) is 14.8.